The fraction of sp³-hybridized carbons (Fsp3) is 0.294. The zero-order valence-corrected chi connectivity index (χ0v) is 14.6. The molecular weight excluding hydrogens is 328 g/mol. The second-order valence-electron chi connectivity index (χ2n) is 5.46. The summed E-state index contributed by atoms with van der Waals surface area (Å²) in [5.74, 6) is -1.15. The van der Waals surface area contributed by atoms with Gasteiger partial charge in [0.05, 0.1) is 10.5 Å². The number of carboxylic acid groups (broad SMARTS) is 1. The molecule has 0 aliphatic rings. The van der Waals surface area contributed by atoms with Crippen molar-refractivity contribution in [3.63, 3.8) is 0 Å². The Morgan fingerprint density at radius 3 is 2.42 bits per heavy atom. The first kappa shape index (κ1) is 18.1. The lowest BCUT2D eigenvalue weighted by Crippen LogP contribution is -2.30. The van der Waals surface area contributed by atoms with Crippen LogP contribution in [0.4, 0.5) is 0 Å². The summed E-state index contributed by atoms with van der Waals surface area (Å²) in [4.78, 5) is 15.2. The minimum atomic E-state index is -3.84. The van der Waals surface area contributed by atoms with Crippen LogP contribution in [0.3, 0.4) is 0 Å². The van der Waals surface area contributed by atoms with Crippen molar-refractivity contribution in [1.29, 1.82) is 0 Å². The monoisotopic (exact) mass is 348 g/mol. The highest BCUT2D eigenvalue weighted by Gasteiger charge is 2.29. The summed E-state index contributed by atoms with van der Waals surface area (Å²) < 4.78 is 27.3. The summed E-state index contributed by atoms with van der Waals surface area (Å²) in [5.41, 5.74) is 1.35. The van der Waals surface area contributed by atoms with Crippen molar-refractivity contribution in [3.8, 4) is 0 Å². The zero-order valence-electron chi connectivity index (χ0n) is 13.8. The highest BCUT2D eigenvalue weighted by Crippen LogP contribution is 2.28. The second kappa shape index (κ2) is 7.11. The van der Waals surface area contributed by atoms with Gasteiger partial charge in [-0.3, -0.25) is 4.98 Å². The topological polar surface area (TPSA) is 87.6 Å². The lowest BCUT2D eigenvalue weighted by Gasteiger charge is -2.25. The summed E-state index contributed by atoms with van der Waals surface area (Å²) >= 11 is 0. The van der Waals surface area contributed by atoms with E-state index in [1.54, 1.807) is 37.5 Å². The number of sulfonamides is 1. The normalized spacial score (nSPS) is 13.0. The molecule has 0 radical (unpaired) electrons. The van der Waals surface area contributed by atoms with E-state index in [-0.39, 0.29) is 10.5 Å². The van der Waals surface area contributed by atoms with E-state index in [1.165, 1.54) is 23.5 Å². The number of nitrogens with zero attached hydrogens (tertiary/aromatic N) is 2. The number of aryl methyl sites for hydroxylation is 1. The Bertz CT molecular complexity index is 835. The molecule has 0 aliphatic heterocycles. The van der Waals surface area contributed by atoms with Gasteiger partial charge in [-0.05, 0) is 48.7 Å². The number of carbonyl (C=O) groups is 1. The van der Waals surface area contributed by atoms with Gasteiger partial charge >= 0.3 is 5.97 Å². The van der Waals surface area contributed by atoms with E-state index < -0.39 is 22.0 Å². The van der Waals surface area contributed by atoms with Gasteiger partial charge in [0.1, 0.15) is 0 Å². The molecule has 0 bridgehead atoms. The van der Waals surface area contributed by atoms with E-state index in [9.17, 15) is 13.2 Å². The molecule has 24 heavy (non-hydrogen) atoms. The van der Waals surface area contributed by atoms with Crippen LogP contribution in [0.25, 0.3) is 0 Å². The lowest BCUT2D eigenvalue weighted by molar-refractivity contribution is 0.0696. The van der Waals surface area contributed by atoms with Gasteiger partial charge in [0.25, 0.3) is 0 Å². The second-order valence-corrected chi connectivity index (χ2v) is 7.42. The van der Waals surface area contributed by atoms with E-state index >= 15 is 0 Å². The van der Waals surface area contributed by atoms with E-state index in [1.807, 2.05) is 6.92 Å². The Balaban J connectivity index is 2.49. The van der Waals surface area contributed by atoms with Gasteiger partial charge in [0, 0.05) is 25.5 Å². The van der Waals surface area contributed by atoms with Crippen LogP contribution in [0, 0.1) is 0 Å². The molecule has 1 unspecified atom stereocenters. The fourth-order valence-electron chi connectivity index (χ4n) is 2.43. The van der Waals surface area contributed by atoms with Crippen LogP contribution < -0.4 is 0 Å². The molecule has 2 aromatic rings. The number of carboxylic acids is 1. The van der Waals surface area contributed by atoms with Crippen LogP contribution in [0.2, 0.25) is 0 Å². The Kier molecular flexibility index (Phi) is 5.36. The molecule has 2 rings (SSSR count). The van der Waals surface area contributed by atoms with Crippen molar-refractivity contribution in [1.82, 2.24) is 9.29 Å². The number of hydrogen-bond donors (Lipinski definition) is 1. The van der Waals surface area contributed by atoms with Crippen molar-refractivity contribution < 1.29 is 18.3 Å². The number of pyridine rings is 1. The predicted octanol–water partition coefficient (Wildman–Crippen LogP) is 2.72. The summed E-state index contributed by atoms with van der Waals surface area (Å²) in [5, 5.41) is 9.15. The molecule has 1 N–H and O–H groups in total. The van der Waals surface area contributed by atoms with Gasteiger partial charge in [0.2, 0.25) is 10.0 Å². The van der Waals surface area contributed by atoms with Crippen molar-refractivity contribution in [2.75, 3.05) is 7.05 Å². The summed E-state index contributed by atoms with van der Waals surface area (Å²) in [7, 11) is -2.34. The zero-order chi connectivity index (χ0) is 17.9. The maximum absolute atomic E-state index is 13.0. The molecule has 1 aromatic carbocycles. The van der Waals surface area contributed by atoms with Gasteiger partial charge < -0.3 is 5.11 Å². The predicted molar refractivity (Wildman–Crippen MR) is 90.4 cm³/mol. The maximum atomic E-state index is 13.0. The third-order valence-electron chi connectivity index (χ3n) is 4.09. The molecule has 1 atom stereocenters. The quantitative estimate of drug-likeness (QED) is 0.867. The Morgan fingerprint density at radius 1 is 1.25 bits per heavy atom. The fourth-order valence-corrected chi connectivity index (χ4v) is 4.10. The van der Waals surface area contributed by atoms with Crippen LogP contribution in [-0.2, 0) is 16.4 Å². The first-order valence-electron chi connectivity index (χ1n) is 7.53. The van der Waals surface area contributed by atoms with Crippen molar-refractivity contribution >= 4 is 16.0 Å². The molecular formula is C17H20N2O4S. The molecule has 0 aliphatic carbocycles. The molecule has 128 valence electrons. The number of hydrogen-bond acceptors (Lipinski definition) is 4. The van der Waals surface area contributed by atoms with Gasteiger partial charge in [-0.1, -0.05) is 13.0 Å². The van der Waals surface area contributed by atoms with Gasteiger partial charge in [-0.15, -0.1) is 0 Å². The van der Waals surface area contributed by atoms with Crippen LogP contribution in [-0.4, -0.2) is 35.8 Å². The third-order valence-corrected chi connectivity index (χ3v) is 6.10. The molecule has 0 spiro atoms. The van der Waals surface area contributed by atoms with Crippen molar-refractivity contribution in [3.05, 3.63) is 59.4 Å². The minimum absolute atomic E-state index is 0.0355. The average Bonchev–Trinajstić information content (AvgIpc) is 2.60. The largest absolute Gasteiger partial charge is 0.478 e. The van der Waals surface area contributed by atoms with Crippen LogP contribution in [0.1, 0.15) is 41.4 Å². The van der Waals surface area contributed by atoms with Crippen LogP contribution in [0.15, 0.2) is 47.6 Å². The maximum Gasteiger partial charge on any atom is 0.335 e. The molecule has 1 aromatic heterocycles. The minimum Gasteiger partial charge on any atom is -0.478 e. The van der Waals surface area contributed by atoms with E-state index in [0.29, 0.717) is 12.0 Å². The Morgan fingerprint density at radius 2 is 1.88 bits per heavy atom. The number of benzene rings is 1. The summed E-state index contributed by atoms with van der Waals surface area (Å²) in [6.45, 7) is 3.61. The number of aromatic nitrogens is 1. The first-order valence-corrected chi connectivity index (χ1v) is 8.97. The van der Waals surface area contributed by atoms with Gasteiger partial charge in [-0.2, -0.15) is 4.31 Å². The van der Waals surface area contributed by atoms with E-state index in [2.05, 4.69) is 4.98 Å². The van der Waals surface area contributed by atoms with E-state index in [4.69, 9.17) is 5.11 Å². The van der Waals surface area contributed by atoms with E-state index in [0.717, 1.165) is 5.56 Å². The molecule has 6 nitrogen and oxygen atoms in total. The number of rotatable bonds is 6. The Labute approximate surface area is 141 Å². The van der Waals surface area contributed by atoms with Gasteiger partial charge in [0.15, 0.2) is 0 Å². The molecule has 0 fully saturated rings. The molecule has 1 heterocycles. The summed E-state index contributed by atoms with van der Waals surface area (Å²) in [6.07, 6.45) is 3.70. The lowest BCUT2D eigenvalue weighted by atomic mass is 10.1. The van der Waals surface area contributed by atoms with Crippen LogP contribution in [0.5, 0.6) is 0 Å². The SMILES string of the molecule is CCc1ccc(C(=O)O)cc1S(=O)(=O)N(C)C(C)c1ccncc1. The van der Waals surface area contributed by atoms with Gasteiger partial charge in [-0.25, -0.2) is 13.2 Å². The highest BCUT2D eigenvalue weighted by atomic mass is 32.2. The molecule has 0 saturated carbocycles. The molecule has 7 heteroatoms. The number of aromatic carboxylic acids is 1. The highest BCUT2D eigenvalue weighted by molar-refractivity contribution is 7.89. The standard InChI is InChI=1S/C17H20N2O4S/c1-4-13-5-6-15(17(20)21)11-16(13)24(22,23)19(3)12(2)14-7-9-18-10-8-14/h5-12H,4H2,1-3H3,(H,20,21). The van der Waals surface area contributed by atoms with Crippen molar-refractivity contribution in [2.24, 2.45) is 0 Å². The molecule has 0 saturated heterocycles. The van der Waals surface area contributed by atoms with Crippen LogP contribution >= 0.6 is 0 Å². The summed E-state index contributed by atoms with van der Waals surface area (Å²) in [6, 6.07) is 7.31. The Hall–Kier alpha value is -2.25. The van der Waals surface area contributed by atoms with Crippen molar-refractivity contribution in [2.45, 2.75) is 31.2 Å². The molecule has 0 amide bonds. The average molecular weight is 348 g/mol. The first-order chi connectivity index (χ1) is 11.3. The smallest absolute Gasteiger partial charge is 0.335 e. The third kappa shape index (κ3) is 3.47.